The number of aromatic hydroxyl groups is 1. The van der Waals surface area contributed by atoms with Gasteiger partial charge in [0.25, 0.3) is 0 Å². The molecule has 5 heteroatoms. The number of hydrogen-bond acceptors (Lipinski definition) is 4. The van der Waals surface area contributed by atoms with E-state index in [1.165, 1.54) is 25.3 Å². The number of aliphatic hydroxyl groups excluding tert-OH is 2. The molecule has 0 aliphatic rings. The van der Waals surface area contributed by atoms with Crippen molar-refractivity contribution < 1.29 is 20.1 Å². The summed E-state index contributed by atoms with van der Waals surface area (Å²) in [5.74, 6) is 0.288. The zero-order chi connectivity index (χ0) is 11.4. The van der Waals surface area contributed by atoms with Gasteiger partial charge in [-0.1, -0.05) is 0 Å². The molecule has 2 atom stereocenters. The smallest absolute Gasteiger partial charge is 0.125 e. The van der Waals surface area contributed by atoms with Crippen LogP contribution in [0.25, 0.3) is 0 Å². The van der Waals surface area contributed by atoms with Gasteiger partial charge in [0.2, 0.25) is 0 Å². The third-order valence-electron chi connectivity index (χ3n) is 2.05. The molecule has 0 heterocycles. The molecule has 0 fully saturated rings. The van der Waals surface area contributed by atoms with Crippen molar-refractivity contribution in [1.29, 1.82) is 0 Å². The van der Waals surface area contributed by atoms with Crippen LogP contribution in [0.1, 0.15) is 11.7 Å². The van der Waals surface area contributed by atoms with Crippen LogP contribution in [0.3, 0.4) is 0 Å². The fraction of sp³-hybridized carbons (Fsp3) is 0.400. The zero-order valence-electron chi connectivity index (χ0n) is 8.22. The molecule has 1 aromatic rings. The molecule has 0 amide bonds. The predicted octanol–water partition coefficient (Wildman–Crippen LogP) is 1.03. The van der Waals surface area contributed by atoms with Crippen molar-refractivity contribution in [2.75, 3.05) is 13.0 Å². The Balaban J connectivity index is 3.05. The Labute approximate surface area is 92.7 Å². The van der Waals surface area contributed by atoms with Gasteiger partial charge < -0.3 is 20.1 Å². The lowest BCUT2D eigenvalue weighted by molar-refractivity contribution is 0.0311. The maximum Gasteiger partial charge on any atom is 0.125 e. The van der Waals surface area contributed by atoms with Gasteiger partial charge in [0.05, 0.1) is 19.1 Å². The first-order chi connectivity index (χ1) is 7.10. The fourth-order valence-corrected chi connectivity index (χ4v) is 1.41. The maximum absolute atomic E-state index is 9.70. The van der Waals surface area contributed by atoms with Crippen LogP contribution in [0.15, 0.2) is 18.2 Å². The van der Waals surface area contributed by atoms with Crippen LogP contribution < -0.4 is 4.74 Å². The summed E-state index contributed by atoms with van der Waals surface area (Å²) in [6, 6.07) is 4.27. The second-order valence-electron chi connectivity index (χ2n) is 3.09. The van der Waals surface area contributed by atoms with Gasteiger partial charge in [0.15, 0.2) is 0 Å². The van der Waals surface area contributed by atoms with E-state index in [1.807, 2.05) is 0 Å². The second-order valence-corrected chi connectivity index (χ2v) is 3.40. The normalized spacial score (nSPS) is 14.7. The Morgan fingerprint density at radius 1 is 1.40 bits per heavy atom. The van der Waals surface area contributed by atoms with Crippen LogP contribution >= 0.6 is 11.6 Å². The molecule has 0 aliphatic heterocycles. The lowest BCUT2D eigenvalue weighted by Gasteiger charge is -2.18. The maximum atomic E-state index is 9.70. The number of aliphatic hydroxyl groups is 2. The molecule has 0 radical (unpaired) electrons. The van der Waals surface area contributed by atoms with Crippen molar-refractivity contribution in [2.45, 2.75) is 12.2 Å². The summed E-state index contributed by atoms with van der Waals surface area (Å²) in [7, 11) is 1.44. The lowest BCUT2D eigenvalue weighted by atomic mass is 10.0. The number of benzene rings is 1. The second kappa shape index (κ2) is 5.21. The molecule has 84 valence electrons. The number of phenolic OH excluding ortho intramolecular Hbond substituents is 1. The molecule has 1 rings (SSSR count). The first-order valence-corrected chi connectivity index (χ1v) is 4.92. The number of hydrogen-bond donors (Lipinski definition) is 3. The molecule has 0 aromatic heterocycles. The molecule has 2 unspecified atom stereocenters. The van der Waals surface area contributed by atoms with Gasteiger partial charge in [-0.2, -0.15) is 0 Å². The highest BCUT2D eigenvalue weighted by atomic mass is 35.5. The lowest BCUT2D eigenvalue weighted by Crippen LogP contribution is -2.20. The predicted molar refractivity (Wildman–Crippen MR) is 56.3 cm³/mol. The largest absolute Gasteiger partial charge is 0.508 e. The molecular weight excluding hydrogens is 220 g/mol. The topological polar surface area (TPSA) is 69.9 Å². The summed E-state index contributed by atoms with van der Waals surface area (Å²) in [4.78, 5) is 0. The monoisotopic (exact) mass is 232 g/mol. The summed E-state index contributed by atoms with van der Waals surface area (Å²) in [6.45, 7) is 0. The summed E-state index contributed by atoms with van der Waals surface area (Å²) < 4.78 is 4.99. The van der Waals surface area contributed by atoms with Crippen LogP contribution in [-0.2, 0) is 0 Å². The zero-order valence-corrected chi connectivity index (χ0v) is 8.98. The van der Waals surface area contributed by atoms with Crippen molar-refractivity contribution in [3.05, 3.63) is 23.8 Å². The van der Waals surface area contributed by atoms with Crippen molar-refractivity contribution in [1.82, 2.24) is 0 Å². The minimum absolute atomic E-state index is 0.00776. The van der Waals surface area contributed by atoms with E-state index in [4.69, 9.17) is 16.3 Å². The van der Waals surface area contributed by atoms with Gasteiger partial charge in [-0.25, -0.2) is 0 Å². The molecule has 15 heavy (non-hydrogen) atoms. The van der Waals surface area contributed by atoms with E-state index in [0.29, 0.717) is 11.3 Å². The van der Waals surface area contributed by atoms with Crippen molar-refractivity contribution in [3.8, 4) is 11.5 Å². The fourth-order valence-electron chi connectivity index (χ4n) is 1.24. The Morgan fingerprint density at radius 2 is 2.07 bits per heavy atom. The van der Waals surface area contributed by atoms with Gasteiger partial charge in [0, 0.05) is 5.56 Å². The Morgan fingerprint density at radius 3 is 2.60 bits per heavy atom. The molecule has 1 aromatic carbocycles. The Kier molecular flexibility index (Phi) is 4.20. The van der Waals surface area contributed by atoms with E-state index in [1.54, 1.807) is 0 Å². The van der Waals surface area contributed by atoms with Gasteiger partial charge >= 0.3 is 0 Å². The molecule has 0 saturated heterocycles. The Bertz CT molecular complexity index is 329. The minimum atomic E-state index is -1.18. The highest BCUT2D eigenvalue weighted by Gasteiger charge is 2.21. The highest BCUT2D eigenvalue weighted by Crippen LogP contribution is 2.30. The number of rotatable bonds is 4. The van der Waals surface area contributed by atoms with Gasteiger partial charge in [0.1, 0.15) is 17.6 Å². The van der Waals surface area contributed by atoms with Gasteiger partial charge in [-0.05, 0) is 18.2 Å². The summed E-state index contributed by atoms with van der Waals surface area (Å²) in [5.41, 5.74) is 0.311. The molecule has 3 N–H and O–H groups in total. The third-order valence-corrected chi connectivity index (χ3v) is 2.37. The number of halogens is 1. The van der Waals surface area contributed by atoms with Crippen LogP contribution in [-0.4, -0.2) is 34.4 Å². The van der Waals surface area contributed by atoms with E-state index in [-0.39, 0.29) is 11.6 Å². The summed E-state index contributed by atoms with van der Waals surface area (Å²) in [6.07, 6.45) is -2.27. The van der Waals surface area contributed by atoms with E-state index in [0.717, 1.165) is 0 Å². The third kappa shape index (κ3) is 2.75. The molecule has 0 spiro atoms. The average molecular weight is 233 g/mol. The highest BCUT2D eigenvalue weighted by molar-refractivity contribution is 6.18. The van der Waals surface area contributed by atoms with E-state index in [9.17, 15) is 15.3 Å². The molecule has 0 bridgehead atoms. The van der Waals surface area contributed by atoms with Crippen LogP contribution in [0.5, 0.6) is 11.5 Å². The molecule has 0 aliphatic carbocycles. The van der Waals surface area contributed by atoms with Crippen molar-refractivity contribution >= 4 is 11.6 Å². The quantitative estimate of drug-likeness (QED) is 0.679. The van der Waals surface area contributed by atoms with Crippen LogP contribution in [0.4, 0.5) is 0 Å². The number of ether oxygens (including phenoxy) is 1. The van der Waals surface area contributed by atoms with E-state index >= 15 is 0 Å². The number of alkyl halides is 1. The van der Waals surface area contributed by atoms with Gasteiger partial charge in [-0.3, -0.25) is 0 Å². The van der Waals surface area contributed by atoms with Crippen molar-refractivity contribution in [2.24, 2.45) is 0 Å². The van der Waals surface area contributed by atoms with Gasteiger partial charge in [-0.15, -0.1) is 11.6 Å². The molecule has 0 saturated carbocycles. The number of methoxy groups -OCH3 is 1. The SMILES string of the molecule is COc1ccc(O)cc1C(O)C(O)CCl. The standard InChI is InChI=1S/C10H13ClO4/c1-15-9-3-2-6(12)4-7(9)10(14)8(13)5-11/h2-4,8,10,12-14H,5H2,1H3. The Hall–Kier alpha value is -0.970. The molecule has 4 nitrogen and oxygen atoms in total. The number of phenols is 1. The first kappa shape index (κ1) is 12.1. The average Bonchev–Trinajstić information content (AvgIpc) is 2.27. The summed E-state index contributed by atoms with van der Waals surface area (Å²) in [5, 5.41) is 28.3. The minimum Gasteiger partial charge on any atom is -0.508 e. The first-order valence-electron chi connectivity index (χ1n) is 4.39. The van der Waals surface area contributed by atoms with E-state index < -0.39 is 12.2 Å². The van der Waals surface area contributed by atoms with Crippen LogP contribution in [0, 0.1) is 0 Å². The van der Waals surface area contributed by atoms with E-state index in [2.05, 4.69) is 0 Å². The van der Waals surface area contributed by atoms with Crippen molar-refractivity contribution in [3.63, 3.8) is 0 Å². The molecular formula is C10H13ClO4. The van der Waals surface area contributed by atoms with Crippen LogP contribution in [0.2, 0.25) is 0 Å². The summed E-state index contributed by atoms with van der Waals surface area (Å²) >= 11 is 5.42.